The van der Waals surface area contributed by atoms with Crippen LogP contribution < -0.4 is 5.32 Å². The number of carbonyl (C=O) groups is 2. The fourth-order valence-electron chi connectivity index (χ4n) is 3.69. The van der Waals surface area contributed by atoms with Crippen molar-refractivity contribution in [2.45, 2.75) is 31.7 Å². The topological polar surface area (TPSA) is 111 Å². The molecule has 2 aromatic heterocycles. The number of aromatic amines is 1. The number of amides is 2. The number of hydrogen-bond acceptors (Lipinski definition) is 5. The molecule has 1 atom stereocenters. The highest BCUT2D eigenvalue weighted by Gasteiger charge is 2.25. The molecular formula is C21H22ClN5O3. The van der Waals surface area contributed by atoms with E-state index in [9.17, 15) is 14.7 Å². The summed E-state index contributed by atoms with van der Waals surface area (Å²) in [5.41, 5.74) is 1.87. The largest absolute Gasteiger partial charge is 0.506 e. The molecule has 4 rings (SSSR count). The molecule has 0 bridgehead atoms. The van der Waals surface area contributed by atoms with Gasteiger partial charge >= 0.3 is 0 Å². The Kier molecular flexibility index (Phi) is 5.85. The van der Waals surface area contributed by atoms with Gasteiger partial charge in [0.1, 0.15) is 17.0 Å². The molecule has 1 aliphatic rings. The number of hydrogen-bond donors (Lipinski definition) is 3. The number of pyridine rings is 1. The van der Waals surface area contributed by atoms with Crippen molar-refractivity contribution in [1.82, 2.24) is 25.4 Å². The molecule has 8 nitrogen and oxygen atoms in total. The summed E-state index contributed by atoms with van der Waals surface area (Å²) in [6.45, 7) is 0.968. The smallest absolute Gasteiger partial charge is 0.272 e. The number of benzene rings is 1. The van der Waals surface area contributed by atoms with E-state index in [-0.39, 0.29) is 28.3 Å². The SMILES string of the molecule is O=C(NC1CCCCCN(C(=O)c2ccc3[nH]ncc3n2)C1)c1cccc(Cl)c1O. The standard InChI is InChI=1S/C21H22ClN5O3/c22-15-7-4-6-14(19(15)28)20(29)24-13-5-2-1-3-10-27(12-13)21(30)17-9-8-16-18(25-17)11-23-26-16/h4,6-9,11,13,28H,1-3,5,10,12H2,(H,23,26)(H,24,29). The number of aromatic hydroxyl groups is 1. The molecule has 1 saturated heterocycles. The Labute approximate surface area is 178 Å². The summed E-state index contributed by atoms with van der Waals surface area (Å²) < 4.78 is 0. The van der Waals surface area contributed by atoms with E-state index in [1.54, 1.807) is 29.3 Å². The lowest BCUT2D eigenvalue weighted by Gasteiger charge is -2.30. The number of rotatable bonds is 3. The summed E-state index contributed by atoms with van der Waals surface area (Å²) >= 11 is 5.92. The van der Waals surface area contributed by atoms with Gasteiger partial charge in [-0.25, -0.2) is 4.98 Å². The van der Waals surface area contributed by atoms with Crippen molar-refractivity contribution in [3.05, 3.63) is 52.8 Å². The first-order valence-corrected chi connectivity index (χ1v) is 10.3. The zero-order valence-electron chi connectivity index (χ0n) is 16.3. The lowest BCUT2D eigenvalue weighted by atomic mass is 10.0. The van der Waals surface area contributed by atoms with Crippen molar-refractivity contribution in [3.8, 4) is 5.75 Å². The quantitative estimate of drug-likeness (QED) is 0.594. The fourth-order valence-corrected chi connectivity index (χ4v) is 3.87. The van der Waals surface area contributed by atoms with Gasteiger partial charge < -0.3 is 15.3 Å². The van der Waals surface area contributed by atoms with Gasteiger partial charge in [0.15, 0.2) is 0 Å². The van der Waals surface area contributed by atoms with Gasteiger partial charge in [0, 0.05) is 19.1 Å². The second-order valence-electron chi connectivity index (χ2n) is 7.41. The molecule has 1 aliphatic heterocycles. The number of H-pyrrole nitrogens is 1. The third-order valence-electron chi connectivity index (χ3n) is 5.29. The van der Waals surface area contributed by atoms with Crippen LogP contribution in [0.25, 0.3) is 11.0 Å². The van der Waals surface area contributed by atoms with Crippen molar-refractivity contribution in [2.75, 3.05) is 13.1 Å². The van der Waals surface area contributed by atoms with Crippen LogP contribution in [0.3, 0.4) is 0 Å². The Hall–Kier alpha value is -3.13. The molecule has 2 amide bonds. The van der Waals surface area contributed by atoms with Crippen molar-refractivity contribution in [1.29, 1.82) is 0 Å². The van der Waals surface area contributed by atoms with Crippen LogP contribution in [-0.2, 0) is 0 Å². The second kappa shape index (κ2) is 8.71. The fraction of sp³-hybridized carbons (Fsp3) is 0.333. The zero-order chi connectivity index (χ0) is 21.1. The minimum absolute atomic E-state index is 0.120. The number of carbonyl (C=O) groups excluding carboxylic acids is 2. The third-order valence-corrected chi connectivity index (χ3v) is 5.60. The minimum atomic E-state index is -0.411. The van der Waals surface area contributed by atoms with Gasteiger partial charge in [0.2, 0.25) is 0 Å². The van der Waals surface area contributed by atoms with Gasteiger partial charge in [-0.1, -0.05) is 30.5 Å². The molecule has 1 aromatic carbocycles. The molecule has 1 fully saturated rings. The Morgan fingerprint density at radius 1 is 1.20 bits per heavy atom. The van der Waals surface area contributed by atoms with Crippen LogP contribution in [0.15, 0.2) is 36.5 Å². The molecule has 3 N–H and O–H groups in total. The lowest BCUT2D eigenvalue weighted by molar-refractivity contribution is 0.0701. The predicted octanol–water partition coefficient (Wildman–Crippen LogP) is 3.13. The molecule has 9 heteroatoms. The van der Waals surface area contributed by atoms with Gasteiger partial charge in [-0.05, 0) is 37.1 Å². The van der Waals surface area contributed by atoms with Gasteiger partial charge in [0.25, 0.3) is 11.8 Å². The van der Waals surface area contributed by atoms with Gasteiger partial charge in [0.05, 0.1) is 22.3 Å². The molecule has 3 aromatic rings. The number of para-hydroxylation sites is 1. The monoisotopic (exact) mass is 427 g/mol. The number of nitrogens with zero attached hydrogens (tertiary/aromatic N) is 3. The average Bonchev–Trinajstić information content (AvgIpc) is 3.19. The van der Waals surface area contributed by atoms with E-state index in [1.807, 2.05) is 0 Å². The first kappa shape index (κ1) is 20.2. The maximum absolute atomic E-state index is 13.1. The van der Waals surface area contributed by atoms with E-state index in [0.29, 0.717) is 24.3 Å². The number of phenols is 1. The van der Waals surface area contributed by atoms with E-state index in [1.165, 1.54) is 12.1 Å². The van der Waals surface area contributed by atoms with Crippen LogP contribution in [0.2, 0.25) is 5.02 Å². The summed E-state index contributed by atoms with van der Waals surface area (Å²) in [6, 6.07) is 7.88. The highest BCUT2D eigenvalue weighted by atomic mass is 35.5. The van der Waals surface area contributed by atoms with Crippen LogP contribution in [0, 0.1) is 0 Å². The van der Waals surface area contributed by atoms with Crippen LogP contribution in [-0.4, -0.2) is 56.1 Å². The van der Waals surface area contributed by atoms with Crippen molar-refractivity contribution in [2.24, 2.45) is 0 Å². The molecule has 1 unspecified atom stereocenters. The number of phenolic OH excluding ortho intramolecular Hbond substituents is 1. The summed E-state index contributed by atoms with van der Waals surface area (Å²) in [7, 11) is 0. The van der Waals surface area contributed by atoms with Crippen molar-refractivity contribution >= 4 is 34.4 Å². The summed E-state index contributed by atoms with van der Waals surface area (Å²) in [5.74, 6) is -0.830. The van der Waals surface area contributed by atoms with E-state index in [4.69, 9.17) is 11.6 Å². The van der Waals surface area contributed by atoms with Crippen LogP contribution >= 0.6 is 11.6 Å². The molecule has 0 aliphatic carbocycles. The highest BCUT2D eigenvalue weighted by Crippen LogP contribution is 2.27. The number of halogens is 1. The van der Waals surface area contributed by atoms with Gasteiger partial charge in [-0.3, -0.25) is 14.7 Å². The van der Waals surface area contributed by atoms with Crippen molar-refractivity contribution in [3.63, 3.8) is 0 Å². The van der Waals surface area contributed by atoms with Crippen molar-refractivity contribution < 1.29 is 14.7 Å². The molecule has 3 heterocycles. The Morgan fingerprint density at radius 2 is 2.07 bits per heavy atom. The van der Waals surface area contributed by atoms with E-state index < -0.39 is 5.91 Å². The maximum Gasteiger partial charge on any atom is 0.272 e. The predicted molar refractivity (Wildman–Crippen MR) is 113 cm³/mol. The molecule has 0 radical (unpaired) electrons. The average molecular weight is 428 g/mol. The number of likely N-dealkylation sites (tertiary alicyclic amines) is 1. The summed E-state index contributed by atoms with van der Waals surface area (Å²) in [6.07, 6.45) is 5.14. The number of aromatic nitrogens is 3. The molecule has 156 valence electrons. The molecule has 0 saturated carbocycles. The Bertz CT molecular complexity index is 1080. The molecular weight excluding hydrogens is 406 g/mol. The van der Waals surface area contributed by atoms with Crippen LogP contribution in [0.4, 0.5) is 0 Å². The van der Waals surface area contributed by atoms with E-state index in [2.05, 4.69) is 20.5 Å². The normalized spacial score (nSPS) is 17.4. The molecule has 0 spiro atoms. The highest BCUT2D eigenvalue weighted by molar-refractivity contribution is 6.32. The lowest BCUT2D eigenvalue weighted by Crippen LogP contribution is -2.47. The van der Waals surface area contributed by atoms with Crippen LogP contribution in [0.1, 0.15) is 46.5 Å². The summed E-state index contributed by atoms with van der Waals surface area (Å²) in [5, 5.41) is 19.9. The summed E-state index contributed by atoms with van der Waals surface area (Å²) in [4.78, 5) is 31.9. The zero-order valence-corrected chi connectivity index (χ0v) is 17.0. The van der Waals surface area contributed by atoms with Crippen LogP contribution in [0.5, 0.6) is 5.75 Å². The number of fused-ring (bicyclic) bond motifs is 1. The number of nitrogens with one attached hydrogen (secondary N) is 2. The van der Waals surface area contributed by atoms with Gasteiger partial charge in [-0.2, -0.15) is 5.10 Å². The van der Waals surface area contributed by atoms with Gasteiger partial charge in [-0.15, -0.1) is 0 Å². The van der Waals surface area contributed by atoms with E-state index in [0.717, 1.165) is 31.2 Å². The third kappa shape index (κ3) is 4.23. The Balaban J connectivity index is 1.50. The first-order chi connectivity index (χ1) is 14.5. The molecule has 30 heavy (non-hydrogen) atoms. The second-order valence-corrected chi connectivity index (χ2v) is 7.81. The first-order valence-electron chi connectivity index (χ1n) is 9.90. The Morgan fingerprint density at radius 3 is 2.93 bits per heavy atom. The maximum atomic E-state index is 13.1. The van der Waals surface area contributed by atoms with E-state index >= 15 is 0 Å². The minimum Gasteiger partial charge on any atom is -0.506 e.